The number of fused-ring (bicyclic) bond motifs is 4. The standard InChI is InChI=1S/C21H11F3N2O3/c22-21(23,24)29-17-7-3-6-14-18(17)20(28)12-9-15-11(8-16(12)26-14)19(27)10-4-1-2-5-13(10)25-15/h1-9H,(H,25,27)(H,26,28). The van der Waals surface area contributed by atoms with Crippen molar-refractivity contribution in [2.75, 3.05) is 0 Å². The normalized spacial score (nSPS) is 12.2. The van der Waals surface area contributed by atoms with E-state index in [1.165, 1.54) is 24.3 Å². The van der Waals surface area contributed by atoms with Gasteiger partial charge >= 0.3 is 6.36 Å². The molecule has 2 N–H and O–H groups in total. The minimum atomic E-state index is -4.93. The van der Waals surface area contributed by atoms with Gasteiger partial charge in [0.05, 0.1) is 21.9 Å². The zero-order valence-corrected chi connectivity index (χ0v) is 14.6. The van der Waals surface area contributed by atoms with E-state index >= 15 is 0 Å². The van der Waals surface area contributed by atoms with Gasteiger partial charge in [-0.1, -0.05) is 18.2 Å². The fourth-order valence-corrected chi connectivity index (χ4v) is 3.62. The lowest BCUT2D eigenvalue weighted by molar-refractivity contribution is -0.274. The molecule has 0 unspecified atom stereocenters. The molecule has 0 radical (unpaired) electrons. The smallest absolute Gasteiger partial charge is 0.405 e. The summed E-state index contributed by atoms with van der Waals surface area (Å²) in [7, 11) is 0. The van der Waals surface area contributed by atoms with Crippen molar-refractivity contribution in [1.29, 1.82) is 0 Å². The predicted octanol–water partition coefficient (Wildman–Crippen LogP) is 4.57. The Labute approximate surface area is 159 Å². The second-order valence-corrected chi connectivity index (χ2v) is 6.62. The summed E-state index contributed by atoms with van der Waals surface area (Å²) in [6, 6.07) is 13.9. The molecule has 5 aromatic rings. The van der Waals surface area contributed by atoms with Crippen LogP contribution < -0.4 is 15.6 Å². The molecule has 0 aliphatic heterocycles. The molecular weight excluding hydrogens is 385 g/mol. The van der Waals surface area contributed by atoms with Crippen LogP contribution in [0.25, 0.3) is 43.6 Å². The highest BCUT2D eigenvalue weighted by molar-refractivity contribution is 6.03. The molecule has 0 spiro atoms. The molecule has 5 nitrogen and oxygen atoms in total. The van der Waals surface area contributed by atoms with Crippen LogP contribution in [0.3, 0.4) is 0 Å². The van der Waals surface area contributed by atoms with Crippen LogP contribution in [0.2, 0.25) is 0 Å². The molecule has 2 aromatic heterocycles. The molecular formula is C21H11F3N2O3. The number of aromatic amines is 2. The maximum absolute atomic E-state index is 13.0. The second kappa shape index (κ2) is 5.84. The molecule has 3 aromatic carbocycles. The van der Waals surface area contributed by atoms with Crippen LogP contribution in [-0.2, 0) is 0 Å². The molecule has 0 saturated carbocycles. The number of alkyl halides is 3. The van der Waals surface area contributed by atoms with Crippen LogP contribution in [0.5, 0.6) is 5.75 Å². The zero-order valence-electron chi connectivity index (χ0n) is 14.6. The van der Waals surface area contributed by atoms with Gasteiger partial charge in [0, 0.05) is 21.7 Å². The van der Waals surface area contributed by atoms with E-state index in [0.717, 1.165) is 6.07 Å². The maximum Gasteiger partial charge on any atom is 0.573 e. The van der Waals surface area contributed by atoms with E-state index < -0.39 is 17.5 Å². The van der Waals surface area contributed by atoms with Crippen LogP contribution in [0.4, 0.5) is 13.2 Å². The van der Waals surface area contributed by atoms with Gasteiger partial charge in [-0.15, -0.1) is 13.2 Å². The van der Waals surface area contributed by atoms with Gasteiger partial charge in [0.2, 0.25) is 5.43 Å². The molecule has 144 valence electrons. The van der Waals surface area contributed by atoms with Crippen molar-refractivity contribution in [3.63, 3.8) is 0 Å². The fourth-order valence-electron chi connectivity index (χ4n) is 3.62. The first-order valence-electron chi connectivity index (χ1n) is 8.61. The van der Waals surface area contributed by atoms with Crippen molar-refractivity contribution >= 4 is 43.6 Å². The number of benzene rings is 3. The van der Waals surface area contributed by atoms with Crippen molar-refractivity contribution in [2.45, 2.75) is 6.36 Å². The largest absolute Gasteiger partial charge is 0.573 e. The van der Waals surface area contributed by atoms with E-state index in [9.17, 15) is 22.8 Å². The van der Waals surface area contributed by atoms with Gasteiger partial charge in [-0.2, -0.15) is 0 Å². The average Bonchev–Trinajstić information content (AvgIpc) is 2.66. The van der Waals surface area contributed by atoms with E-state index in [2.05, 4.69) is 14.7 Å². The summed E-state index contributed by atoms with van der Waals surface area (Å²) in [6.07, 6.45) is -4.93. The Morgan fingerprint density at radius 2 is 1.31 bits per heavy atom. The summed E-state index contributed by atoms with van der Waals surface area (Å²) in [5, 5.41) is 0.811. The Kier molecular flexibility index (Phi) is 3.48. The lowest BCUT2D eigenvalue weighted by Gasteiger charge is -2.12. The summed E-state index contributed by atoms with van der Waals surface area (Å²) in [6.45, 7) is 0. The van der Waals surface area contributed by atoms with Crippen molar-refractivity contribution in [3.8, 4) is 5.75 Å². The molecule has 0 saturated heterocycles. The minimum Gasteiger partial charge on any atom is -0.405 e. The fraction of sp³-hybridized carbons (Fsp3) is 0.0476. The third kappa shape index (κ3) is 2.72. The van der Waals surface area contributed by atoms with Gasteiger partial charge in [0.1, 0.15) is 5.75 Å². The first kappa shape index (κ1) is 17.3. The summed E-state index contributed by atoms with van der Waals surface area (Å²) in [5.41, 5.74) is 0.722. The molecule has 29 heavy (non-hydrogen) atoms. The Bertz CT molecular complexity index is 1570. The van der Waals surface area contributed by atoms with Gasteiger partial charge in [0.25, 0.3) is 0 Å². The summed E-state index contributed by atoms with van der Waals surface area (Å²) in [4.78, 5) is 31.9. The molecule has 2 heterocycles. The lowest BCUT2D eigenvalue weighted by Crippen LogP contribution is -2.19. The third-order valence-corrected chi connectivity index (χ3v) is 4.84. The van der Waals surface area contributed by atoms with E-state index in [1.54, 1.807) is 24.3 Å². The molecule has 5 rings (SSSR count). The maximum atomic E-state index is 13.0. The highest BCUT2D eigenvalue weighted by Crippen LogP contribution is 2.30. The van der Waals surface area contributed by atoms with Crippen LogP contribution in [0.1, 0.15) is 0 Å². The molecule has 0 bridgehead atoms. The quantitative estimate of drug-likeness (QED) is 0.408. The van der Waals surface area contributed by atoms with Crippen molar-refractivity contribution in [3.05, 3.63) is 75.0 Å². The van der Waals surface area contributed by atoms with E-state index in [0.29, 0.717) is 27.3 Å². The number of halogens is 3. The van der Waals surface area contributed by atoms with Gasteiger partial charge in [0.15, 0.2) is 5.43 Å². The molecule has 0 fully saturated rings. The first-order chi connectivity index (χ1) is 13.8. The Hall–Kier alpha value is -3.81. The Morgan fingerprint density at radius 3 is 2.03 bits per heavy atom. The van der Waals surface area contributed by atoms with Gasteiger partial charge in [-0.05, 0) is 36.4 Å². The van der Waals surface area contributed by atoms with Crippen molar-refractivity contribution in [2.24, 2.45) is 0 Å². The number of rotatable bonds is 1. The molecule has 0 amide bonds. The number of hydrogen-bond donors (Lipinski definition) is 2. The van der Waals surface area contributed by atoms with Gasteiger partial charge < -0.3 is 14.7 Å². The van der Waals surface area contributed by atoms with Crippen LogP contribution >= 0.6 is 0 Å². The summed E-state index contributed by atoms with van der Waals surface area (Å²) in [5.74, 6) is -0.578. The Balaban J connectivity index is 1.91. The van der Waals surface area contributed by atoms with Crippen LogP contribution in [0, 0.1) is 0 Å². The number of para-hydroxylation sites is 1. The summed E-state index contributed by atoms with van der Waals surface area (Å²) >= 11 is 0. The zero-order chi connectivity index (χ0) is 20.3. The molecule has 0 aliphatic rings. The molecule has 0 atom stereocenters. The SMILES string of the molecule is O=c1c2ccccc2[nH]c2cc3c(=O)c4c(OC(F)(F)F)cccc4[nH]c3cc12. The number of nitrogens with one attached hydrogen (secondary N) is 2. The van der Waals surface area contributed by atoms with Crippen molar-refractivity contribution in [1.82, 2.24) is 9.97 Å². The van der Waals surface area contributed by atoms with E-state index in [1.807, 2.05) is 0 Å². The topological polar surface area (TPSA) is 74.9 Å². The highest BCUT2D eigenvalue weighted by Gasteiger charge is 2.32. The minimum absolute atomic E-state index is 0.147. The van der Waals surface area contributed by atoms with Crippen LogP contribution in [0.15, 0.2) is 64.2 Å². The highest BCUT2D eigenvalue weighted by atomic mass is 19.4. The van der Waals surface area contributed by atoms with Gasteiger partial charge in [-0.3, -0.25) is 9.59 Å². The number of aromatic nitrogens is 2. The van der Waals surface area contributed by atoms with E-state index in [4.69, 9.17) is 0 Å². The second-order valence-electron chi connectivity index (χ2n) is 6.62. The van der Waals surface area contributed by atoms with Crippen molar-refractivity contribution < 1.29 is 17.9 Å². The van der Waals surface area contributed by atoms with Crippen LogP contribution in [-0.4, -0.2) is 16.3 Å². The number of ether oxygens (including phenoxy) is 1. The number of pyridine rings is 2. The average molecular weight is 396 g/mol. The lowest BCUT2D eigenvalue weighted by atomic mass is 10.0. The summed E-state index contributed by atoms with van der Waals surface area (Å²) < 4.78 is 42.3. The van der Waals surface area contributed by atoms with Gasteiger partial charge in [-0.25, -0.2) is 0 Å². The number of H-pyrrole nitrogens is 2. The molecule has 0 aliphatic carbocycles. The predicted molar refractivity (Wildman–Crippen MR) is 104 cm³/mol. The first-order valence-corrected chi connectivity index (χ1v) is 8.61. The monoisotopic (exact) mass is 396 g/mol. The molecule has 8 heteroatoms. The Morgan fingerprint density at radius 1 is 0.690 bits per heavy atom. The number of hydrogen-bond acceptors (Lipinski definition) is 3. The third-order valence-electron chi connectivity index (χ3n) is 4.84. The van der Waals surface area contributed by atoms with E-state index in [-0.39, 0.29) is 21.7 Å².